The van der Waals surface area contributed by atoms with E-state index in [1.54, 1.807) is 17.7 Å². The Bertz CT molecular complexity index is 716. The van der Waals surface area contributed by atoms with Crippen molar-refractivity contribution in [3.8, 4) is 5.75 Å². The number of methoxy groups -OCH3 is 1. The first-order chi connectivity index (χ1) is 8.33. The van der Waals surface area contributed by atoms with Gasteiger partial charge in [-0.1, -0.05) is 0 Å². The Morgan fingerprint density at radius 2 is 2.24 bits per heavy atom. The quantitative estimate of drug-likeness (QED) is 0.630. The maximum Gasteiger partial charge on any atom is 0.168 e. The van der Waals surface area contributed by atoms with Crippen LogP contribution in [0.4, 0.5) is 0 Å². The number of fused-ring (bicyclic) bond motifs is 3. The fraction of sp³-hybridized carbons (Fsp3) is 0.0769. The topological polar surface area (TPSA) is 43.6 Å². The van der Waals surface area contributed by atoms with Gasteiger partial charge in [0, 0.05) is 11.6 Å². The minimum atomic E-state index is 0.553. The lowest BCUT2D eigenvalue weighted by Gasteiger charge is -2.04. The van der Waals surface area contributed by atoms with Gasteiger partial charge in [-0.3, -0.25) is 9.20 Å². The molecule has 84 valence electrons. The number of carbonyl (C=O) groups is 1. The highest BCUT2D eigenvalue weighted by Gasteiger charge is 2.06. The van der Waals surface area contributed by atoms with Crippen LogP contribution in [0.3, 0.4) is 0 Å². The van der Waals surface area contributed by atoms with Crippen LogP contribution in [0.1, 0.15) is 10.5 Å². The van der Waals surface area contributed by atoms with Crippen molar-refractivity contribution in [3.63, 3.8) is 0 Å². The molecule has 0 aliphatic carbocycles. The van der Waals surface area contributed by atoms with Crippen LogP contribution in [0.5, 0.6) is 5.75 Å². The molecule has 0 aliphatic heterocycles. The second-order valence-electron chi connectivity index (χ2n) is 3.76. The summed E-state index contributed by atoms with van der Waals surface area (Å²) in [5, 5.41) is 2.04. The predicted octanol–water partition coefficient (Wildman–Crippen LogP) is 2.31. The van der Waals surface area contributed by atoms with Gasteiger partial charge in [0.1, 0.15) is 17.1 Å². The zero-order chi connectivity index (χ0) is 11.8. The van der Waals surface area contributed by atoms with E-state index in [-0.39, 0.29) is 0 Å². The molecule has 0 atom stereocenters. The minimum absolute atomic E-state index is 0.553. The van der Waals surface area contributed by atoms with E-state index in [9.17, 15) is 4.79 Å². The van der Waals surface area contributed by atoms with Crippen molar-refractivity contribution in [2.45, 2.75) is 0 Å². The molecule has 1 aromatic carbocycles. The van der Waals surface area contributed by atoms with Crippen molar-refractivity contribution in [1.29, 1.82) is 0 Å². The van der Waals surface area contributed by atoms with Gasteiger partial charge in [-0.2, -0.15) is 0 Å². The van der Waals surface area contributed by atoms with Gasteiger partial charge in [0.2, 0.25) is 0 Å². The molecule has 0 radical (unpaired) electrons. The Kier molecular flexibility index (Phi) is 2.08. The molecule has 0 unspecified atom stereocenters. The van der Waals surface area contributed by atoms with E-state index in [1.165, 1.54) is 0 Å². The maximum atomic E-state index is 10.8. The lowest BCUT2D eigenvalue weighted by Crippen LogP contribution is -1.91. The van der Waals surface area contributed by atoms with Gasteiger partial charge in [-0.25, -0.2) is 4.98 Å². The van der Waals surface area contributed by atoms with Gasteiger partial charge < -0.3 is 4.74 Å². The molecule has 4 nitrogen and oxygen atoms in total. The molecular formula is C13H10N2O2. The Labute approximate surface area is 97.5 Å². The average molecular weight is 226 g/mol. The molecule has 4 heteroatoms. The van der Waals surface area contributed by atoms with E-state index in [2.05, 4.69) is 4.98 Å². The molecule has 17 heavy (non-hydrogen) atoms. The van der Waals surface area contributed by atoms with Gasteiger partial charge >= 0.3 is 0 Å². The van der Waals surface area contributed by atoms with Gasteiger partial charge in [0.05, 0.1) is 13.3 Å². The molecule has 0 spiro atoms. The molecule has 0 saturated heterocycles. The smallest absolute Gasteiger partial charge is 0.168 e. The second-order valence-corrected chi connectivity index (χ2v) is 3.76. The van der Waals surface area contributed by atoms with E-state index in [0.29, 0.717) is 5.69 Å². The number of ether oxygens (including phenoxy) is 1. The summed E-state index contributed by atoms with van der Waals surface area (Å²) < 4.78 is 6.96. The van der Waals surface area contributed by atoms with Gasteiger partial charge in [0.15, 0.2) is 6.29 Å². The molecule has 0 aliphatic rings. The summed E-state index contributed by atoms with van der Waals surface area (Å²) >= 11 is 0. The van der Waals surface area contributed by atoms with Crippen LogP contribution in [0.25, 0.3) is 16.4 Å². The number of nitrogens with zero attached hydrogens (tertiary/aromatic N) is 2. The molecule has 0 N–H and O–H groups in total. The van der Waals surface area contributed by atoms with Crippen LogP contribution in [0, 0.1) is 0 Å². The largest absolute Gasteiger partial charge is 0.497 e. The number of aromatic nitrogens is 2. The third kappa shape index (κ3) is 1.38. The number of hydrogen-bond acceptors (Lipinski definition) is 3. The van der Waals surface area contributed by atoms with Gasteiger partial charge in [-0.15, -0.1) is 0 Å². The van der Waals surface area contributed by atoms with Gasteiger partial charge in [-0.05, 0) is 29.7 Å². The maximum absolute atomic E-state index is 10.8. The van der Waals surface area contributed by atoms with Crippen molar-refractivity contribution in [2.24, 2.45) is 0 Å². The fourth-order valence-electron chi connectivity index (χ4n) is 1.98. The Morgan fingerprint density at radius 3 is 3.00 bits per heavy atom. The third-order valence-electron chi connectivity index (χ3n) is 2.85. The first-order valence-corrected chi connectivity index (χ1v) is 5.22. The Hall–Kier alpha value is -2.36. The summed E-state index contributed by atoms with van der Waals surface area (Å²) in [6.45, 7) is 0. The molecule has 3 rings (SSSR count). The van der Waals surface area contributed by atoms with Crippen LogP contribution < -0.4 is 4.74 Å². The standard InChI is InChI=1S/C13H10N2O2/c1-17-11-2-3-12-9(6-11)4-5-15-10(8-16)7-14-13(12)15/h2-8H,1H3. The van der Waals surface area contributed by atoms with E-state index in [4.69, 9.17) is 4.74 Å². The SMILES string of the molecule is COc1ccc2c(ccn3c(C=O)cnc23)c1. The lowest BCUT2D eigenvalue weighted by molar-refractivity contribution is 0.111. The molecule has 0 saturated carbocycles. The van der Waals surface area contributed by atoms with Crippen LogP contribution in [0.2, 0.25) is 0 Å². The van der Waals surface area contributed by atoms with E-state index in [0.717, 1.165) is 28.5 Å². The first-order valence-electron chi connectivity index (χ1n) is 5.22. The van der Waals surface area contributed by atoms with Crippen molar-refractivity contribution in [1.82, 2.24) is 9.38 Å². The summed E-state index contributed by atoms with van der Waals surface area (Å²) in [6, 6.07) is 7.73. The average Bonchev–Trinajstić information content (AvgIpc) is 2.81. The summed E-state index contributed by atoms with van der Waals surface area (Å²) in [6.07, 6.45) is 4.22. The summed E-state index contributed by atoms with van der Waals surface area (Å²) in [5.74, 6) is 0.809. The third-order valence-corrected chi connectivity index (χ3v) is 2.85. The van der Waals surface area contributed by atoms with E-state index >= 15 is 0 Å². The number of pyridine rings is 1. The summed E-state index contributed by atoms with van der Waals surface area (Å²) in [7, 11) is 1.64. The molecule has 0 bridgehead atoms. The normalized spacial score (nSPS) is 10.9. The van der Waals surface area contributed by atoms with Crippen molar-refractivity contribution in [3.05, 3.63) is 42.4 Å². The predicted molar refractivity (Wildman–Crippen MR) is 64.6 cm³/mol. The zero-order valence-corrected chi connectivity index (χ0v) is 9.25. The van der Waals surface area contributed by atoms with Gasteiger partial charge in [0.25, 0.3) is 0 Å². The van der Waals surface area contributed by atoms with Crippen molar-refractivity contribution < 1.29 is 9.53 Å². The van der Waals surface area contributed by atoms with Crippen molar-refractivity contribution in [2.75, 3.05) is 7.11 Å². The number of imidazole rings is 1. The highest BCUT2D eigenvalue weighted by molar-refractivity contribution is 5.95. The molecule has 2 heterocycles. The van der Waals surface area contributed by atoms with Crippen LogP contribution in [-0.2, 0) is 0 Å². The van der Waals surface area contributed by atoms with Crippen molar-refractivity contribution >= 4 is 22.7 Å². The van der Waals surface area contributed by atoms with Crippen LogP contribution in [-0.4, -0.2) is 22.8 Å². The second kappa shape index (κ2) is 3.59. The van der Waals surface area contributed by atoms with E-state index in [1.807, 2.05) is 30.5 Å². The summed E-state index contributed by atoms with van der Waals surface area (Å²) in [4.78, 5) is 15.1. The Balaban J connectivity index is 2.40. The fourth-order valence-corrected chi connectivity index (χ4v) is 1.98. The molecule has 3 aromatic rings. The molecule has 2 aromatic heterocycles. The van der Waals surface area contributed by atoms with Crippen LogP contribution in [0.15, 0.2) is 36.7 Å². The molecular weight excluding hydrogens is 216 g/mol. The first kappa shape index (κ1) is 9.84. The van der Waals surface area contributed by atoms with Crippen LogP contribution >= 0.6 is 0 Å². The zero-order valence-electron chi connectivity index (χ0n) is 9.25. The summed E-state index contributed by atoms with van der Waals surface area (Å²) in [5.41, 5.74) is 1.34. The number of carbonyl (C=O) groups excluding carboxylic acids is 1. The monoisotopic (exact) mass is 226 g/mol. The number of hydrogen-bond donors (Lipinski definition) is 0. The minimum Gasteiger partial charge on any atom is -0.497 e. The highest BCUT2D eigenvalue weighted by atomic mass is 16.5. The lowest BCUT2D eigenvalue weighted by atomic mass is 10.1. The highest BCUT2D eigenvalue weighted by Crippen LogP contribution is 2.24. The number of aldehydes is 1. The molecule has 0 amide bonds. The van der Waals surface area contributed by atoms with E-state index < -0.39 is 0 Å². The number of benzene rings is 1. The number of rotatable bonds is 2. The molecule has 0 fully saturated rings. The Morgan fingerprint density at radius 1 is 1.35 bits per heavy atom.